The molecular formula is C11H22N2O2. The summed E-state index contributed by atoms with van der Waals surface area (Å²) in [5.74, 6) is 0.654. The number of nitrogens with two attached hydrogens (primary N) is 1. The van der Waals surface area contributed by atoms with Crippen molar-refractivity contribution in [3.63, 3.8) is 0 Å². The first-order valence-corrected chi connectivity index (χ1v) is 5.84. The average molecular weight is 214 g/mol. The van der Waals surface area contributed by atoms with Gasteiger partial charge in [0.05, 0.1) is 0 Å². The van der Waals surface area contributed by atoms with Crippen molar-refractivity contribution in [3.05, 3.63) is 0 Å². The molecule has 1 aliphatic carbocycles. The molecule has 1 aliphatic rings. The van der Waals surface area contributed by atoms with Gasteiger partial charge in [-0.1, -0.05) is 32.1 Å². The maximum atomic E-state index is 10.6. The maximum absolute atomic E-state index is 10.6. The van der Waals surface area contributed by atoms with Crippen LogP contribution >= 0.6 is 0 Å². The molecule has 88 valence electrons. The van der Waals surface area contributed by atoms with Crippen molar-refractivity contribution in [2.75, 3.05) is 0 Å². The number of amides is 1. The Balaban J connectivity index is 2.38. The van der Waals surface area contributed by atoms with Gasteiger partial charge in [-0.05, 0) is 19.3 Å². The summed E-state index contributed by atoms with van der Waals surface area (Å²) in [5.41, 5.74) is 5.78. The molecule has 2 atom stereocenters. The number of nitrogens with one attached hydrogen (secondary N) is 1. The Morgan fingerprint density at radius 3 is 2.53 bits per heavy atom. The number of hydrogen-bond donors (Lipinski definition) is 3. The molecule has 0 radical (unpaired) electrons. The smallest absolute Gasteiger partial charge is 0.404 e. The molecule has 1 unspecified atom stereocenters. The average Bonchev–Trinajstić information content (AvgIpc) is 2.17. The van der Waals surface area contributed by atoms with Gasteiger partial charge in [-0.3, -0.25) is 0 Å². The highest BCUT2D eigenvalue weighted by Crippen LogP contribution is 2.27. The molecule has 1 fully saturated rings. The van der Waals surface area contributed by atoms with E-state index in [1.807, 2.05) is 6.92 Å². The van der Waals surface area contributed by atoms with Crippen LogP contribution < -0.4 is 11.1 Å². The first-order valence-electron chi connectivity index (χ1n) is 5.84. The van der Waals surface area contributed by atoms with Crippen molar-refractivity contribution in [1.82, 2.24) is 5.32 Å². The molecule has 1 saturated carbocycles. The van der Waals surface area contributed by atoms with Gasteiger partial charge in [0.1, 0.15) is 0 Å². The number of rotatable bonds is 4. The lowest BCUT2D eigenvalue weighted by atomic mass is 9.83. The fourth-order valence-corrected chi connectivity index (χ4v) is 2.35. The van der Waals surface area contributed by atoms with E-state index in [0.717, 1.165) is 6.42 Å². The first kappa shape index (κ1) is 12.3. The zero-order valence-electron chi connectivity index (χ0n) is 9.41. The summed E-state index contributed by atoms with van der Waals surface area (Å²) in [6, 6.07) is -0.200. The minimum atomic E-state index is -0.965. The summed E-state index contributed by atoms with van der Waals surface area (Å²) in [7, 11) is 0. The van der Waals surface area contributed by atoms with Crippen LogP contribution in [0.3, 0.4) is 0 Å². The van der Waals surface area contributed by atoms with Crippen molar-refractivity contribution in [1.29, 1.82) is 0 Å². The minimum absolute atomic E-state index is 0.0920. The lowest BCUT2D eigenvalue weighted by molar-refractivity contribution is 0.182. The van der Waals surface area contributed by atoms with E-state index in [4.69, 9.17) is 10.8 Å². The van der Waals surface area contributed by atoms with Crippen LogP contribution in [0.2, 0.25) is 0 Å². The Kier molecular flexibility index (Phi) is 4.88. The summed E-state index contributed by atoms with van der Waals surface area (Å²) < 4.78 is 0. The van der Waals surface area contributed by atoms with E-state index < -0.39 is 6.09 Å². The largest absolute Gasteiger partial charge is 0.465 e. The van der Waals surface area contributed by atoms with Crippen LogP contribution in [0.1, 0.15) is 45.4 Å². The van der Waals surface area contributed by atoms with E-state index in [1.54, 1.807) is 0 Å². The van der Waals surface area contributed by atoms with Crippen LogP contribution in [0.15, 0.2) is 0 Å². The van der Waals surface area contributed by atoms with Crippen LogP contribution in [0.4, 0.5) is 4.79 Å². The summed E-state index contributed by atoms with van der Waals surface area (Å²) >= 11 is 0. The molecule has 1 amide bonds. The third kappa shape index (κ3) is 4.51. The molecule has 4 heteroatoms. The van der Waals surface area contributed by atoms with Gasteiger partial charge in [-0.15, -0.1) is 0 Å². The summed E-state index contributed by atoms with van der Waals surface area (Å²) in [4.78, 5) is 10.6. The monoisotopic (exact) mass is 214 g/mol. The number of hydrogen-bond acceptors (Lipinski definition) is 2. The fraction of sp³-hybridized carbons (Fsp3) is 0.909. The maximum Gasteiger partial charge on any atom is 0.404 e. The van der Waals surface area contributed by atoms with E-state index in [-0.39, 0.29) is 12.1 Å². The lowest BCUT2D eigenvalue weighted by Gasteiger charge is -2.28. The normalized spacial score (nSPS) is 22.0. The summed E-state index contributed by atoms with van der Waals surface area (Å²) in [6.07, 6.45) is 6.27. The molecule has 0 bridgehead atoms. The van der Waals surface area contributed by atoms with Gasteiger partial charge in [0.25, 0.3) is 0 Å². The van der Waals surface area contributed by atoms with Crippen LogP contribution in [-0.2, 0) is 0 Å². The second-order valence-electron chi connectivity index (χ2n) is 4.65. The molecule has 15 heavy (non-hydrogen) atoms. The van der Waals surface area contributed by atoms with Gasteiger partial charge < -0.3 is 16.2 Å². The first-order chi connectivity index (χ1) is 7.09. The third-order valence-corrected chi connectivity index (χ3v) is 3.26. The van der Waals surface area contributed by atoms with E-state index in [9.17, 15) is 4.79 Å². The van der Waals surface area contributed by atoms with Crippen molar-refractivity contribution in [3.8, 4) is 0 Å². The molecule has 4 N–H and O–H groups in total. The molecule has 4 nitrogen and oxygen atoms in total. The number of carboxylic acid groups (broad SMARTS) is 1. The molecular weight excluding hydrogens is 192 g/mol. The second-order valence-corrected chi connectivity index (χ2v) is 4.65. The highest BCUT2D eigenvalue weighted by molar-refractivity contribution is 5.64. The van der Waals surface area contributed by atoms with Gasteiger partial charge in [0.2, 0.25) is 0 Å². The lowest BCUT2D eigenvalue weighted by Crippen LogP contribution is -2.46. The van der Waals surface area contributed by atoms with Gasteiger partial charge in [0.15, 0.2) is 0 Å². The van der Waals surface area contributed by atoms with Gasteiger partial charge in [0, 0.05) is 12.1 Å². The number of carbonyl (C=O) groups is 1. The van der Waals surface area contributed by atoms with Crippen LogP contribution in [0.25, 0.3) is 0 Å². The van der Waals surface area contributed by atoms with E-state index in [2.05, 4.69) is 5.32 Å². The van der Waals surface area contributed by atoms with Crippen molar-refractivity contribution in [2.24, 2.45) is 11.7 Å². The SMILES string of the molecule is C[C@H](N)C(CC1CCCCC1)NC(=O)O. The molecule has 0 spiro atoms. The van der Waals surface area contributed by atoms with E-state index in [1.165, 1.54) is 32.1 Å². The van der Waals surface area contributed by atoms with Crippen molar-refractivity contribution in [2.45, 2.75) is 57.5 Å². The highest BCUT2D eigenvalue weighted by atomic mass is 16.4. The Morgan fingerprint density at radius 2 is 2.07 bits per heavy atom. The van der Waals surface area contributed by atoms with Crippen molar-refractivity contribution < 1.29 is 9.90 Å². The molecule has 0 aromatic rings. The minimum Gasteiger partial charge on any atom is -0.465 e. The Labute approximate surface area is 91.2 Å². The van der Waals surface area contributed by atoms with Crippen LogP contribution in [-0.4, -0.2) is 23.3 Å². The Bertz CT molecular complexity index is 201. The van der Waals surface area contributed by atoms with Gasteiger partial charge in [-0.25, -0.2) is 4.79 Å². The Hall–Kier alpha value is -0.770. The third-order valence-electron chi connectivity index (χ3n) is 3.26. The summed E-state index contributed by atoms with van der Waals surface area (Å²) in [6.45, 7) is 1.86. The zero-order chi connectivity index (χ0) is 11.3. The predicted octanol–water partition coefficient (Wildman–Crippen LogP) is 1.94. The molecule has 1 rings (SSSR count). The van der Waals surface area contributed by atoms with Crippen LogP contribution in [0.5, 0.6) is 0 Å². The van der Waals surface area contributed by atoms with Gasteiger partial charge >= 0.3 is 6.09 Å². The second kappa shape index (κ2) is 5.95. The van der Waals surface area contributed by atoms with Gasteiger partial charge in [-0.2, -0.15) is 0 Å². The molecule has 0 aromatic carbocycles. The van der Waals surface area contributed by atoms with Crippen molar-refractivity contribution >= 4 is 6.09 Å². The quantitative estimate of drug-likeness (QED) is 0.669. The summed E-state index contributed by atoms with van der Waals surface area (Å²) in [5, 5.41) is 11.2. The predicted molar refractivity (Wildman–Crippen MR) is 59.8 cm³/mol. The molecule has 0 aromatic heterocycles. The molecule has 0 saturated heterocycles. The highest BCUT2D eigenvalue weighted by Gasteiger charge is 2.22. The Morgan fingerprint density at radius 1 is 1.47 bits per heavy atom. The topological polar surface area (TPSA) is 75.3 Å². The fourth-order valence-electron chi connectivity index (χ4n) is 2.35. The molecule has 0 aliphatic heterocycles. The standard InChI is InChI=1S/C11H22N2O2/c1-8(12)10(13-11(14)15)7-9-5-3-2-4-6-9/h8-10,13H,2-7,12H2,1H3,(H,14,15)/t8-,10?/m0/s1. The van der Waals surface area contributed by atoms with E-state index in [0.29, 0.717) is 5.92 Å². The zero-order valence-corrected chi connectivity index (χ0v) is 9.41. The van der Waals surface area contributed by atoms with E-state index >= 15 is 0 Å². The van der Waals surface area contributed by atoms with Crippen LogP contribution in [0, 0.1) is 5.92 Å². The molecule has 0 heterocycles.